The van der Waals surface area contributed by atoms with Gasteiger partial charge >= 0.3 is 0 Å². The van der Waals surface area contributed by atoms with Crippen molar-refractivity contribution in [3.05, 3.63) is 11.7 Å². The van der Waals surface area contributed by atoms with Crippen LogP contribution in [0.5, 0.6) is 0 Å². The molecule has 6 nitrogen and oxygen atoms in total. The molecule has 1 unspecified atom stereocenters. The Kier molecular flexibility index (Phi) is 3.58. The maximum atomic E-state index is 10.6. The van der Waals surface area contributed by atoms with Gasteiger partial charge in [0.25, 0.3) is 11.7 Å². The molecule has 0 saturated carbocycles. The summed E-state index contributed by atoms with van der Waals surface area (Å²) >= 11 is 0. The van der Waals surface area contributed by atoms with Gasteiger partial charge in [0.2, 0.25) is 5.89 Å². The van der Waals surface area contributed by atoms with Crippen LogP contribution in [-0.2, 0) is 6.42 Å². The van der Waals surface area contributed by atoms with Crippen molar-refractivity contribution in [3.63, 3.8) is 0 Å². The Morgan fingerprint density at radius 2 is 2.43 bits per heavy atom. The first-order valence-corrected chi connectivity index (χ1v) is 4.49. The van der Waals surface area contributed by atoms with Gasteiger partial charge in [0.05, 0.1) is 0 Å². The number of nitrogens with two attached hydrogens (primary N) is 1. The van der Waals surface area contributed by atoms with Crippen LogP contribution in [0.1, 0.15) is 30.4 Å². The van der Waals surface area contributed by atoms with Gasteiger partial charge in [-0.25, -0.2) is 0 Å². The van der Waals surface area contributed by atoms with Crippen LogP contribution in [0, 0.1) is 0 Å². The van der Waals surface area contributed by atoms with Gasteiger partial charge in [-0.3, -0.25) is 4.79 Å². The van der Waals surface area contributed by atoms with Crippen molar-refractivity contribution in [1.29, 1.82) is 0 Å². The lowest BCUT2D eigenvalue weighted by Gasteiger charge is -2.07. The zero-order valence-electron chi connectivity index (χ0n) is 8.28. The molecule has 0 radical (unpaired) electrons. The molecule has 0 aliphatic heterocycles. The number of likely N-dealkylation sites (N-methyl/N-ethyl adjacent to an activating group) is 1. The predicted molar refractivity (Wildman–Crippen MR) is 49.7 cm³/mol. The molecule has 1 aromatic rings. The Labute approximate surface area is 81.9 Å². The minimum absolute atomic E-state index is 0.0660. The Bertz CT molecular complexity index is 310. The molecule has 0 aliphatic rings. The summed E-state index contributed by atoms with van der Waals surface area (Å²) in [6, 6.07) is 0.237. The van der Waals surface area contributed by atoms with Crippen LogP contribution in [0.3, 0.4) is 0 Å². The molecule has 0 spiro atoms. The first-order valence-electron chi connectivity index (χ1n) is 4.49. The molecule has 1 heterocycles. The topological polar surface area (TPSA) is 94.0 Å². The lowest BCUT2D eigenvalue weighted by atomic mass is 10.2. The summed E-state index contributed by atoms with van der Waals surface area (Å²) in [5.41, 5.74) is 4.98. The number of hydrogen-bond acceptors (Lipinski definition) is 5. The number of rotatable bonds is 5. The molecule has 78 valence electrons. The lowest BCUT2D eigenvalue weighted by molar-refractivity contribution is 0.0987. The van der Waals surface area contributed by atoms with E-state index in [4.69, 9.17) is 10.3 Å². The van der Waals surface area contributed by atoms with Gasteiger partial charge in [-0.2, -0.15) is 4.98 Å². The van der Waals surface area contributed by atoms with Crippen molar-refractivity contribution >= 4 is 5.91 Å². The highest BCUT2D eigenvalue weighted by atomic mass is 16.5. The van der Waals surface area contributed by atoms with E-state index in [1.165, 1.54) is 0 Å². The third-order valence-electron chi connectivity index (χ3n) is 1.72. The van der Waals surface area contributed by atoms with Crippen molar-refractivity contribution < 1.29 is 9.32 Å². The number of primary amides is 1. The number of carbonyl (C=O) groups is 1. The molecule has 0 aromatic carbocycles. The summed E-state index contributed by atoms with van der Waals surface area (Å²) in [6.45, 7) is 4.88. The van der Waals surface area contributed by atoms with Crippen molar-refractivity contribution in [2.75, 3.05) is 6.54 Å². The van der Waals surface area contributed by atoms with E-state index in [0.717, 1.165) is 6.54 Å². The van der Waals surface area contributed by atoms with E-state index in [9.17, 15) is 4.79 Å². The second-order valence-electron chi connectivity index (χ2n) is 3.04. The quantitative estimate of drug-likeness (QED) is 0.678. The van der Waals surface area contributed by atoms with Crippen LogP contribution < -0.4 is 11.1 Å². The molecule has 0 bridgehead atoms. The second-order valence-corrected chi connectivity index (χ2v) is 3.04. The molecular weight excluding hydrogens is 184 g/mol. The van der Waals surface area contributed by atoms with Crippen molar-refractivity contribution in [1.82, 2.24) is 15.5 Å². The van der Waals surface area contributed by atoms with Crippen LogP contribution in [0.15, 0.2) is 4.52 Å². The molecule has 1 aromatic heterocycles. The average molecular weight is 198 g/mol. The summed E-state index contributed by atoms with van der Waals surface area (Å²) in [6.07, 6.45) is 0.591. The molecule has 0 aliphatic carbocycles. The largest absolute Gasteiger partial charge is 0.363 e. The summed E-state index contributed by atoms with van der Waals surface area (Å²) < 4.78 is 4.84. The number of carbonyl (C=O) groups excluding carboxylic acids is 1. The van der Waals surface area contributed by atoms with Crippen molar-refractivity contribution in [2.45, 2.75) is 26.3 Å². The van der Waals surface area contributed by atoms with Crippen LogP contribution >= 0.6 is 0 Å². The summed E-state index contributed by atoms with van der Waals surface area (Å²) in [7, 11) is 0. The highest BCUT2D eigenvalue weighted by Gasteiger charge is 2.12. The minimum atomic E-state index is -0.670. The van der Waals surface area contributed by atoms with Gasteiger partial charge in [-0.05, 0) is 13.5 Å². The Hall–Kier alpha value is -1.43. The number of amides is 1. The van der Waals surface area contributed by atoms with Gasteiger partial charge < -0.3 is 15.6 Å². The van der Waals surface area contributed by atoms with E-state index >= 15 is 0 Å². The second kappa shape index (κ2) is 4.71. The molecule has 1 atom stereocenters. The van der Waals surface area contributed by atoms with Crippen molar-refractivity contribution in [3.8, 4) is 0 Å². The van der Waals surface area contributed by atoms with Gasteiger partial charge in [0.15, 0.2) is 0 Å². The summed E-state index contributed by atoms with van der Waals surface area (Å²) in [5.74, 6) is -0.313. The van der Waals surface area contributed by atoms with E-state index in [1.54, 1.807) is 0 Å². The van der Waals surface area contributed by atoms with Gasteiger partial charge in [-0.15, -0.1) is 0 Å². The highest BCUT2D eigenvalue weighted by molar-refractivity contribution is 5.88. The minimum Gasteiger partial charge on any atom is -0.363 e. The fourth-order valence-corrected chi connectivity index (χ4v) is 1.12. The zero-order chi connectivity index (χ0) is 10.6. The monoisotopic (exact) mass is 198 g/mol. The molecular formula is C8H14N4O2. The molecule has 0 fully saturated rings. The Balaban J connectivity index is 2.55. The van der Waals surface area contributed by atoms with Gasteiger partial charge in [0.1, 0.15) is 0 Å². The SMILES string of the molecule is CCNC(C)Cc1nc(C(N)=O)no1. The van der Waals surface area contributed by atoms with Gasteiger partial charge in [-0.1, -0.05) is 12.1 Å². The Morgan fingerprint density at radius 3 is 2.93 bits per heavy atom. The molecule has 0 saturated heterocycles. The molecule has 3 N–H and O–H groups in total. The van der Waals surface area contributed by atoms with Crippen LogP contribution in [-0.4, -0.2) is 28.6 Å². The number of aromatic nitrogens is 2. The van der Waals surface area contributed by atoms with Crippen LogP contribution in [0.2, 0.25) is 0 Å². The van der Waals surface area contributed by atoms with Gasteiger partial charge in [0, 0.05) is 12.5 Å². The summed E-state index contributed by atoms with van der Waals surface area (Å²) in [5, 5.41) is 6.63. The van der Waals surface area contributed by atoms with E-state index in [-0.39, 0.29) is 11.9 Å². The van der Waals surface area contributed by atoms with E-state index < -0.39 is 5.91 Å². The fourth-order valence-electron chi connectivity index (χ4n) is 1.12. The van der Waals surface area contributed by atoms with E-state index in [0.29, 0.717) is 12.3 Å². The highest BCUT2D eigenvalue weighted by Crippen LogP contribution is 2.00. The molecule has 1 amide bonds. The van der Waals surface area contributed by atoms with Crippen LogP contribution in [0.25, 0.3) is 0 Å². The standard InChI is InChI=1S/C8H14N4O2/c1-3-10-5(2)4-6-11-8(7(9)13)12-14-6/h5,10H,3-4H2,1-2H3,(H2,9,13). The van der Waals surface area contributed by atoms with Crippen molar-refractivity contribution in [2.24, 2.45) is 5.73 Å². The maximum Gasteiger partial charge on any atom is 0.290 e. The lowest BCUT2D eigenvalue weighted by Crippen LogP contribution is -2.27. The third kappa shape index (κ3) is 2.81. The molecule has 6 heteroatoms. The van der Waals surface area contributed by atoms with E-state index in [1.807, 2.05) is 13.8 Å². The fraction of sp³-hybridized carbons (Fsp3) is 0.625. The van der Waals surface area contributed by atoms with E-state index in [2.05, 4.69) is 15.5 Å². The summed E-state index contributed by atoms with van der Waals surface area (Å²) in [4.78, 5) is 14.5. The first-order chi connectivity index (χ1) is 6.63. The number of nitrogens with one attached hydrogen (secondary N) is 1. The Morgan fingerprint density at radius 1 is 1.71 bits per heavy atom. The zero-order valence-corrected chi connectivity index (χ0v) is 8.28. The normalized spacial score (nSPS) is 12.7. The third-order valence-corrected chi connectivity index (χ3v) is 1.72. The number of nitrogens with zero attached hydrogens (tertiary/aromatic N) is 2. The maximum absolute atomic E-state index is 10.6. The predicted octanol–water partition coefficient (Wildman–Crippen LogP) is -0.291. The first kappa shape index (κ1) is 10.6. The average Bonchev–Trinajstić information content (AvgIpc) is 2.53. The number of hydrogen-bond donors (Lipinski definition) is 2. The molecule has 14 heavy (non-hydrogen) atoms. The smallest absolute Gasteiger partial charge is 0.290 e. The van der Waals surface area contributed by atoms with Crippen LogP contribution in [0.4, 0.5) is 0 Å². The molecule has 1 rings (SSSR count).